The molecule has 27 heavy (non-hydrogen) atoms. The monoisotopic (exact) mass is 365 g/mol. The molecular weight excluding hydrogens is 342 g/mol. The highest BCUT2D eigenvalue weighted by molar-refractivity contribution is 6.39. The maximum atomic E-state index is 12.6. The molecule has 0 spiro atoms. The normalized spacial score (nSPS) is 15.7. The minimum atomic E-state index is -0.301. The summed E-state index contributed by atoms with van der Waals surface area (Å²) < 4.78 is 0. The third-order valence-electron chi connectivity index (χ3n) is 4.69. The van der Waals surface area contributed by atoms with Crippen LogP contribution < -0.4 is 5.32 Å². The van der Waals surface area contributed by atoms with Crippen LogP contribution in [0.5, 0.6) is 0 Å². The summed E-state index contributed by atoms with van der Waals surface area (Å²) in [5.41, 5.74) is 4.16. The van der Waals surface area contributed by atoms with Crippen LogP contribution >= 0.6 is 0 Å². The Kier molecular flexibility index (Phi) is 5.54. The molecule has 1 aliphatic heterocycles. The van der Waals surface area contributed by atoms with Gasteiger partial charge in [-0.3, -0.25) is 9.59 Å². The Balaban J connectivity index is 1.56. The van der Waals surface area contributed by atoms with Gasteiger partial charge in [0.15, 0.2) is 6.10 Å². The molecule has 1 atom stereocenters. The van der Waals surface area contributed by atoms with Crippen LogP contribution in [0.3, 0.4) is 0 Å². The molecule has 140 valence electrons. The van der Waals surface area contributed by atoms with E-state index in [1.807, 2.05) is 62.4 Å². The van der Waals surface area contributed by atoms with Gasteiger partial charge in [-0.2, -0.15) is 0 Å². The topological polar surface area (TPSA) is 71.0 Å². The van der Waals surface area contributed by atoms with Gasteiger partial charge in [0.2, 0.25) is 5.91 Å². The van der Waals surface area contributed by atoms with Crippen molar-refractivity contribution in [1.82, 2.24) is 4.90 Å². The Hall–Kier alpha value is -3.15. The van der Waals surface area contributed by atoms with Crippen molar-refractivity contribution in [3.8, 4) is 0 Å². The molecule has 2 aromatic carbocycles. The lowest BCUT2D eigenvalue weighted by Crippen LogP contribution is -2.38. The summed E-state index contributed by atoms with van der Waals surface area (Å²) in [4.78, 5) is 31.6. The summed E-state index contributed by atoms with van der Waals surface area (Å²) in [5.74, 6) is -0.553. The zero-order valence-corrected chi connectivity index (χ0v) is 15.7. The van der Waals surface area contributed by atoms with Crippen molar-refractivity contribution in [2.24, 2.45) is 5.16 Å². The third kappa shape index (κ3) is 4.34. The first-order chi connectivity index (χ1) is 13.0. The third-order valence-corrected chi connectivity index (χ3v) is 4.69. The molecule has 0 radical (unpaired) electrons. The standard InChI is InChI=1S/C21H23N3O3/c1-14-8-7-11-17(15(14)2)22-20(25)13-24(3)21(26)18-12-19(27-23-18)16-9-5-4-6-10-16/h4-11,19H,12-13H2,1-3H3,(H,22,25)/t19-/m1/s1. The van der Waals surface area contributed by atoms with Crippen LogP contribution in [0, 0.1) is 13.8 Å². The maximum Gasteiger partial charge on any atom is 0.272 e. The van der Waals surface area contributed by atoms with Gasteiger partial charge in [0.05, 0.1) is 6.54 Å². The Bertz CT molecular complexity index is 877. The molecule has 0 saturated carbocycles. The highest BCUT2D eigenvalue weighted by atomic mass is 16.6. The van der Waals surface area contributed by atoms with Gasteiger partial charge in [0, 0.05) is 19.2 Å². The fourth-order valence-electron chi connectivity index (χ4n) is 2.93. The Morgan fingerprint density at radius 2 is 1.89 bits per heavy atom. The average Bonchev–Trinajstić information content (AvgIpc) is 3.15. The first-order valence-corrected chi connectivity index (χ1v) is 8.85. The van der Waals surface area contributed by atoms with Crippen LogP contribution in [0.2, 0.25) is 0 Å². The number of hydrogen-bond acceptors (Lipinski definition) is 4. The fourth-order valence-corrected chi connectivity index (χ4v) is 2.93. The number of anilines is 1. The average molecular weight is 365 g/mol. The van der Waals surface area contributed by atoms with Crippen molar-refractivity contribution in [3.63, 3.8) is 0 Å². The number of carbonyl (C=O) groups excluding carboxylic acids is 2. The molecule has 1 N–H and O–H groups in total. The SMILES string of the molecule is Cc1cccc(NC(=O)CN(C)C(=O)C2=NO[C@@H](c3ccccc3)C2)c1C. The number of rotatable bonds is 5. The van der Waals surface area contributed by atoms with E-state index in [-0.39, 0.29) is 24.5 Å². The van der Waals surface area contributed by atoms with Crippen molar-refractivity contribution in [2.75, 3.05) is 18.9 Å². The zero-order valence-electron chi connectivity index (χ0n) is 15.7. The van der Waals surface area contributed by atoms with Gasteiger partial charge in [0.25, 0.3) is 5.91 Å². The molecule has 0 bridgehead atoms. The van der Waals surface area contributed by atoms with E-state index in [2.05, 4.69) is 10.5 Å². The zero-order chi connectivity index (χ0) is 19.4. The van der Waals surface area contributed by atoms with Crippen LogP contribution in [0.25, 0.3) is 0 Å². The Morgan fingerprint density at radius 3 is 2.63 bits per heavy atom. The van der Waals surface area contributed by atoms with Gasteiger partial charge in [-0.25, -0.2) is 0 Å². The van der Waals surface area contributed by atoms with E-state index < -0.39 is 0 Å². The second kappa shape index (κ2) is 8.03. The van der Waals surface area contributed by atoms with Crippen molar-refractivity contribution in [2.45, 2.75) is 26.4 Å². The number of nitrogens with zero attached hydrogens (tertiary/aromatic N) is 2. The number of hydrogen-bond donors (Lipinski definition) is 1. The van der Waals surface area contributed by atoms with Gasteiger partial charge < -0.3 is 15.1 Å². The minimum Gasteiger partial charge on any atom is -0.387 e. The summed E-state index contributed by atoms with van der Waals surface area (Å²) >= 11 is 0. The second-order valence-corrected chi connectivity index (χ2v) is 6.70. The molecule has 0 aromatic heterocycles. The summed E-state index contributed by atoms with van der Waals surface area (Å²) in [7, 11) is 1.59. The van der Waals surface area contributed by atoms with Crippen LogP contribution in [-0.2, 0) is 14.4 Å². The molecule has 6 nitrogen and oxygen atoms in total. The lowest BCUT2D eigenvalue weighted by atomic mass is 10.0. The first-order valence-electron chi connectivity index (χ1n) is 8.85. The Morgan fingerprint density at radius 1 is 1.15 bits per heavy atom. The number of oxime groups is 1. The summed E-state index contributed by atoms with van der Waals surface area (Å²) in [6, 6.07) is 15.4. The lowest BCUT2D eigenvalue weighted by Gasteiger charge is -2.17. The molecule has 3 rings (SSSR count). The van der Waals surface area contributed by atoms with Gasteiger partial charge in [-0.15, -0.1) is 0 Å². The number of likely N-dealkylation sites (N-methyl/N-ethyl adjacent to an activating group) is 1. The van der Waals surface area contributed by atoms with E-state index >= 15 is 0 Å². The molecular formula is C21H23N3O3. The smallest absolute Gasteiger partial charge is 0.272 e. The van der Waals surface area contributed by atoms with Gasteiger partial charge in [-0.05, 0) is 36.6 Å². The van der Waals surface area contributed by atoms with Crippen molar-refractivity contribution >= 4 is 23.2 Å². The highest BCUT2D eigenvalue weighted by Crippen LogP contribution is 2.27. The van der Waals surface area contributed by atoms with Crippen LogP contribution in [-0.4, -0.2) is 36.0 Å². The van der Waals surface area contributed by atoms with Crippen LogP contribution in [0.1, 0.15) is 29.2 Å². The molecule has 0 aliphatic carbocycles. The van der Waals surface area contributed by atoms with E-state index in [4.69, 9.17) is 4.84 Å². The highest BCUT2D eigenvalue weighted by Gasteiger charge is 2.29. The van der Waals surface area contributed by atoms with E-state index in [0.717, 1.165) is 22.4 Å². The number of carbonyl (C=O) groups is 2. The molecule has 1 aliphatic rings. The van der Waals surface area contributed by atoms with Crippen LogP contribution in [0.15, 0.2) is 53.7 Å². The van der Waals surface area contributed by atoms with Crippen molar-refractivity contribution < 1.29 is 14.4 Å². The van der Waals surface area contributed by atoms with Gasteiger partial charge >= 0.3 is 0 Å². The number of benzene rings is 2. The molecule has 2 aromatic rings. The van der Waals surface area contributed by atoms with Crippen LogP contribution in [0.4, 0.5) is 5.69 Å². The Labute approximate surface area is 158 Å². The van der Waals surface area contributed by atoms with Gasteiger partial charge in [0.1, 0.15) is 5.71 Å². The van der Waals surface area contributed by atoms with E-state index in [1.165, 1.54) is 4.90 Å². The van der Waals surface area contributed by atoms with E-state index in [1.54, 1.807) is 7.05 Å². The minimum absolute atomic E-state index is 0.0543. The largest absolute Gasteiger partial charge is 0.387 e. The lowest BCUT2D eigenvalue weighted by molar-refractivity contribution is -0.127. The number of aryl methyl sites for hydroxylation is 1. The molecule has 1 heterocycles. The van der Waals surface area contributed by atoms with E-state index in [0.29, 0.717) is 12.1 Å². The maximum absolute atomic E-state index is 12.6. The molecule has 2 amide bonds. The quantitative estimate of drug-likeness (QED) is 0.884. The fraction of sp³-hybridized carbons (Fsp3) is 0.286. The van der Waals surface area contributed by atoms with Gasteiger partial charge in [-0.1, -0.05) is 47.6 Å². The van der Waals surface area contributed by atoms with Crippen molar-refractivity contribution in [1.29, 1.82) is 0 Å². The van der Waals surface area contributed by atoms with Crippen molar-refractivity contribution in [3.05, 3.63) is 65.2 Å². The summed E-state index contributed by atoms with van der Waals surface area (Å²) in [5, 5.41) is 6.78. The summed E-state index contributed by atoms with van der Waals surface area (Å²) in [6.45, 7) is 3.89. The number of amides is 2. The molecule has 6 heteroatoms. The molecule has 0 unspecified atom stereocenters. The predicted molar refractivity (Wildman–Crippen MR) is 105 cm³/mol. The predicted octanol–water partition coefficient (Wildman–Crippen LogP) is 3.22. The van der Waals surface area contributed by atoms with E-state index in [9.17, 15) is 9.59 Å². The summed E-state index contributed by atoms with van der Waals surface area (Å²) in [6.07, 6.45) is 0.133. The molecule has 0 fully saturated rings. The second-order valence-electron chi connectivity index (χ2n) is 6.70. The molecule has 0 saturated heterocycles. The number of nitrogens with one attached hydrogen (secondary N) is 1. The first kappa shape index (κ1) is 18.6.